The van der Waals surface area contributed by atoms with Crippen LogP contribution in [0.5, 0.6) is 0 Å². The number of nitriles is 1. The highest BCUT2D eigenvalue weighted by molar-refractivity contribution is 7.86. The van der Waals surface area contributed by atoms with Crippen LogP contribution >= 0.6 is 34.5 Å². The molecule has 10 N–H and O–H groups in total. The normalized spacial score (nSPS) is 11.6. The molecule has 0 aliphatic heterocycles. The summed E-state index contributed by atoms with van der Waals surface area (Å²) in [5.74, 6) is -6.61. The number of anilines is 5. The Morgan fingerprint density at radius 3 is 1.82 bits per heavy atom. The van der Waals surface area contributed by atoms with Crippen molar-refractivity contribution in [3.05, 3.63) is 117 Å². The van der Waals surface area contributed by atoms with Gasteiger partial charge in [-0.15, -0.1) is 20.5 Å². The van der Waals surface area contributed by atoms with Crippen molar-refractivity contribution in [3.8, 4) is 17.2 Å². The summed E-state index contributed by atoms with van der Waals surface area (Å²) in [6.45, 7) is 1.38. The SMILES string of the molecule is Cc1c(C#N)c(Nc2ccc(Cl)c(S(=O)(=O)O)c2)nc(Nc2ccc(Cl)c(S(=O)(=O)O)c2)c1N=Nc1sc(N=Nc2cc(C(=O)O)cc(C(=O)O)c2)c(-c2cccc(NC(=O)CCC(=O)O)c2)c1C(N)=O. The van der Waals surface area contributed by atoms with Crippen LogP contribution in [0, 0.1) is 18.3 Å². The van der Waals surface area contributed by atoms with Gasteiger partial charge in [-0.1, -0.05) is 46.7 Å². The lowest BCUT2D eigenvalue weighted by molar-refractivity contribution is -0.138. The minimum atomic E-state index is -4.90. The third-order valence-corrected chi connectivity index (χ3v) is 13.1. The highest BCUT2D eigenvalue weighted by Crippen LogP contribution is 2.49. The van der Waals surface area contributed by atoms with Crippen molar-refractivity contribution in [1.82, 2.24) is 4.98 Å². The summed E-state index contributed by atoms with van der Waals surface area (Å²) in [5.41, 5.74) is 3.90. The Morgan fingerprint density at radius 2 is 1.30 bits per heavy atom. The molecular weight excluding hydrogens is 1040 g/mol. The van der Waals surface area contributed by atoms with E-state index in [1.54, 1.807) is 0 Å². The van der Waals surface area contributed by atoms with Crippen LogP contribution in [0.15, 0.2) is 109 Å². The van der Waals surface area contributed by atoms with E-state index in [0.717, 1.165) is 42.5 Å². The maximum absolute atomic E-state index is 13.5. The summed E-state index contributed by atoms with van der Waals surface area (Å²) in [6, 6.07) is 17.3. The average Bonchev–Trinajstić information content (AvgIpc) is 3.66. The molecule has 0 aliphatic rings. The molecule has 364 valence electrons. The third kappa shape index (κ3) is 12.5. The number of nitrogens with two attached hydrogens (primary N) is 1. The first kappa shape index (κ1) is 52.1. The summed E-state index contributed by atoms with van der Waals surface area (Å²) >= 11 is 12.7. The number of thiophene rings is 1. The van der Waals surface area contributed by atoms with Gasteiger partial charge in [-0.3, -0.25) is 23.5 Å². The molecule has 0 unspecified atom stereocenters. The van der Waals surface area contributed by atoms with E-state index in [1.807, 2.05) is 6.07 Å². The molecule has 0 radical (unpaired) electrons. The summed E-state index contributed by atoms with van der Waals surface area (Å²) in [6.07, 6.45) is -0.881. The van der Waals surface area contributed by atoms with Crippen LogP contribution in [0.1, 0.15) is 55.0 Å². The fraction of sp³-hybridized carbons (Fsp3) is 0.0714. The maximum Gasteiger partial charge on any atom is 0.335 e. The second-order valence-electron chi connectivity index (χ2n) is 14.4. The average molecular weight is 1070 g/mol. The Kier molecular flexibility index (Phi) is 15.6. The smallest absolute Gasteiger partial charge is 0.335 e. The van der Waals surface area contributed by atoms with Gasteiger partial charge in [0.25, 0.3) is 26.1 Å². The number of carboxylic acids is 3. The summed E-state index contributed by atoms with van der Waals surface area (Å²) < 4.78 is 68.0. The first-order valence-corrected chi connectivity index (χ1v) is 23.9. The lowest BCUT2D eigenvalue weighted by Gasteiger charge is -2.16. The number of aromatic carboxylic acids is 2. The van der Waals surface area contributed by atoms with Gasteiger partial charge in [0, 0.05) is 34.6 Å². The number of rotatable bonds is 18. The zero-order valence-corrected chi connectivity index (χ0v) is 39.5. The molecule has 0 fully saturated rings. The topological polar surface area (TPSA) is 403 Å². The van der Waals surface area contributed by atoms with E-state index in [1.165, 1.54) is 43.3 Å². The van der Waals surface area contributed by atoms with Crippen molar-refractivity contribution in [2.75, 3.05) is 16.0 Å². The van der Waals surface area contributed by atoms with Gasteiger partial charge in [-0.05, 0) is 79.2 Å². The minimum absolute atomic E-state index is 0.0135. The molecule has 2 aromatic heterocycles. The molecule has 0 bridgehead atoms. The van der Waals surface area contributed by atoms with Gasteiger partial charge < -0.3 is 37.0 Å². The molecule has 2 heterocycles. The lowest BCUT2D eigenvalue weighted by Crippen LogP contribution is -2.13. The number of nitrogens with one attached hydrogen (secondary N) is 3. The second-order valence-corrected chi connectivity index (χ2v) is 19.0. The second kappa shape index (κ2) is 21.2. The van der Waals surface area contributed by atoms with Crippen molar-refractivity contribution in [2.24, 2.45) is 26.2 Å². The van der Waals surface area contributed by atoms with E-state index >= 15 is 0 Å². The molecule has 6 rings (SSSR count). The van der Waals surface area contributed by atoms with Gasteiger partial charge in [0.05, 0.1) is 44.4 Å². The van der Waals surface area contributed by atoms with E-state index in [4.69, 9.17) is 34.0 Å². The molecule has 24 nitrogen and oxygen atoms in total. The van der Waals surface area contributed by atoms with Gasteiger partial charge >= 0.3 is 17.9 Å². The van der Waals surface area contributed by atoms with Crippen LogP contribution in [0.2, 0.25) is 10.0 Å². The number of carbonyl (C=O) groups excluding carboxylic acids is 2. The Labute approximate surface area is 413 Å². The van der Waals surface area contributed by atoms with Gasteiger partial charge in [0.15, 0.2) is 16.6 Å². The molecule has 2 amide bonds. The van der Waals surface area contributed by atoms with Crippen LogP contribution in [-0.2, 0) is 29.8 Å². The Balaban J connectivity index is 1.58. The molecule has 4 aromatic carbocycles. The predicted octanol–water partition coefficient (Wildman–Crippen LogP) is 9.41. The number of aliphatic carboxylic acids is 1. The first-order chi connectivity index (χ1) is 33.3. The number of carboxylic acid groups (broad SMARTS) is 3. The minimum Gasteiger partial charge on any atom is -0.481 e. The van der Waals surface area contributed by atoms with Crippen molar-refractivity contribution < 1.29 is 65.2 Å². The highest BCUT2D eigenvalue weighted by atomic mass is 35.5. The largest absolute Gasteiger partial charge is 0.481 e. The molecular formula is C42H30Cl2N10O14S3. The Bertz CT molecular complexity index is 3550. The molecule has 0 saturated carbocycles. The molecule has 6 aromatic rings. The number of azo groups is 2. The molecule has 0 atom stereocenters. The fourth-order valence-electron chi connectivity index (χ4n) is 6.32. The Hall–Kier alpha value is -8.23. The number of pyridine rings is 1. The predicted molar refractivity (Wildman–Crippen MR) is 255 cm³/mol. The summed E-state index contributed by atoms with van der Waals surface area (Å²) in [7, 11) is -9.75. The van der Waals surface area contributed by atoms with E-state index < -0.39 is 83.7 Å². The van der Waals surface area contributed by atoms with Gasteiger partial charge in [0.2, 0.25) is 5.91 Å². The van der Waals surface area contributed by atoms with Crippen LogP contribution in [0.4, 0.5) is 50.1 Å². The van der Waals surface area contributed by atoms with Gasteiger partial charge in [0.1, 0.15) is 26.5 Å². The number of nitrogens with zero attached hydrogens (tertiary/aromatic N) is 6. The number of carbonyl (C=O) groups is 5. The van der Waals surface area contributed by atoms with Gasteiger partial charge in [-0.25, -0.2) is 14.6 Å². The van der Waals surface area contributed by atoms with Crippen molar-refractivity contribution >= 4 is 135 Å². The zero-order valence-electron chi connectivity index (χ0n) is 35.6. The standard InChI is InChI=1S/C42H30Cl2N10O14S3/c1-18-26(17-45)37(48-23-5-7-27(43)29(15-23)70(63,64)65)50-38(49-24-6-8-28(44)30(16-24)71(66,67)68)35(18)52-54-40-34(36(46)58)33(19-3-2-4-22(12-19)47-31(55)9-10-32(56)57)39(69-40)53-51-25-13-20(41(59)60)11-21(14-25)42(61)62/h2-8,11-16H,9-10H2,1H3,(H2,46,58)(H,47,55)(H,56,57)(H,59,60)(H,61,62)(H2,48,49,50)(H,63,64,65)(H,66,67,68). The van der Waals surface area contributed by atoms with E-state index in [2.05, 4.69) is 41.4 Å². The number of hydrogen-bond acceptors (Lipinski definition) is 18. The molecule has 29 heteroatoms. The van der Waals surface area contributed by atoms with Crippen LogP contribution in [0.3, 0.4) is 0 Å². The van der Waals surface area contributed by atoms with Crippen molar-refractivity contribution in [1.29, 1.82) is 5.26 Å². The number of amides is 2. The van der Waals surface area contributed by atoms with Crippen LogP contribution in [-0.4, -0.2) is 76.0 Å². The summed E-state index contributed by atoms with van der Waals surface area (Å²) in [4.78, 5) is 63.9. The number of aromatic nitrogens is 1. The molecule has 71 heavy (non-hydrogen) atoms. The summed E-state index contributed by atoms with van der Waals surface area (Å²) in [5, 5.41) is 62.6. The van der Waals surface area contributed by atoms with E-state index in [-0.39, 0.29) is 87.9 Å². The quantitative estimate of drug-likeness (QED) is 0.0286. The van der Waals surface area contributed by atoms with E-state index in [9.17, 15) is 65.4 Å². The first-order valence-electron chi connectivity index (χ1n) is 19.4. The van der Waals surface area contributed by atoms with Crippen LogP contribution < -0.4 is 21.7 Å². The third-order valence-electron chi connectivity index (χ3n) is 9.50. The Morgan fingerprint density at radius 1 is 0.732 bits per heavy atom. The number of halogens is 2. The van der Waals surface area contributed by atoms with Crippen molar-refractivity contribution in [3.63, 3.8) is 0 Å². The lowest BCUT2D eigenvalue weighted by atomic mass is 10.0. The number of hydrogen-bond donors (Lipinski definition) is 9. The van der Waals surface area contributed by atoms with E-state index in [0.29, 0.717) is 11.3 Å². The van der Waals surface area contributed by atoms with Crippen molar-refractivity contribution in [2.45, 2.75) is 29.6 Å². The highest BCUT2D eigenvalue weighted by Gasteiger charge is 2.27. The molecule has 0 saturated heterocycles. The fourth-order valence-corrected chi connectivity index (χ4v) is 9.29. The number of benzene rings is 4. The monoisotopic (exact) mass is 1060 g/mol. The van der Waals surface area contributed by atoms with Gasteiger partial charge in [-0.2, -0.15) is 22.1 Å². The zero-order chi connectivity index (χ0) is 52.1. The van der Waals surface area contributed by atoms with Crippen LogP contribution in [0.25, 0.3) is 11.1 Å². The molecule has 0 aliphatic carbocycles. The number of primary amides is 1. The molecule has 0 spiro atoms. The maximum atomic E-state index is 13.5.